The van der Waals surface area contributed by atoms with Crippen molar-refractivity contribution in [3.05, 3.63) is 34.3 Å². The summed E-state index contributed by atoms with van der Waals surface area (Å²) in [5.74, 6) is -0.241. The van der Waals surface area contributed by atoms with Gasteiger partial charge in [-0.3, -0.25) is 0 Å². The van der Waals surface area contributed by atoms with Gasteiger partial charge < -0.3 is 9.84 Å². The molecule has 1 aromatic rings. The Hall–Kier alpha value is -1.29. The lowest BCUT2D eigenvalue weighted by Gasteiger charge is -1.99. The molecule has 1 aromatic carbocycles. The number of halogens is 1. The van der Waals surface area contributed by atoms with Crippen molar-refractivity contribution in [1.82, 2.24) is 0 Å². The summed E-state index contributed by atoms with van der Waals surface area (Å²) in [7, 11) is 1.58. The molecule has 74 valence electrons. The minimum absolute atomic E-state index is 0.127. The van der Waals surface area contributed by atoms with Gasteiger partial charge >= 0.3 is 5.97 Å². The maximum absolute atomic E-state index is 10.5. The van der Waals surface area contributed by atoms with Gasteiger partial charge in [-0.1, -0.05) is 12.1 Å². The molecule has 0 saturated heterocycles. The number of carbonyl (C=O) groups is 1. The molecule has 14 heavy (non-hydrogen) atoms. The Morgan fingerprint density at radius 1 is 1.43 bits per heavy atom. The highest BCUT2D eigenvalue weighted by Crippen LogP contribution is 2.16. The van der Waals surface area contributed by atoms with Gasteiger partial charge in [0.2, 0.25) is 0 Å². The predicted molar refractivity (Wildman–Crippen MR) is 57.5 cm³/mol. The highest BCUT2D eigenvalue weighted by Gasteiger charge is 2.01. The largest absolute Gasteiger partial charge is 0.497 e. The fourth-order valence-corrected chi connectivity index (χ4v) is 1.17. The first kappa shape index (κ1) is 10.8. The van der Waals surface area contributed by atoms with Gasteiger partial charge in [0.1, 0.15) is 10.2 Å². The van der Waals surface area contributed by atoms with Gasteiger partial charge in [-0.25, -0.2) is 4.79 Å². The Kier molecular flexibility index (Phi) is 3.71. The summed E-state index contributed by atoms with van der Waals surface area (Å²) in [5.41, 5.74) is 0.806. The van der Waals surface area contributed by atoms with Crippen LogP contribution in [0.15, 0.2) is 28.7 Å². The summed E-state index contributed by atoms with van der Waals surface area (Å²) < 4.78 is 5.10. The molecule has 0 fully saturated rings. The smallest absolute Gasteiger partial charge is 0.342 e. The van der Waals surface area contributed by atoms with Crippen molar-refractivity contribution in [3.63, 3.8) is 0 Å². The average Bonchev–Trinajstić information content (AvgIpc) is 2.19. The molecular formula is C10H9BrO3. The van der Waals surface area contributed by atoms with Gasteiger partial charge in [0.05, 0.1) is 7.11 Å². The van der Waals surface area contributed by atoms with E-state index >= 15 is 0 Å². The third-order valence-electron chi connectivity index (χ3n) is 1.61. The summed E-state index contributed by atoms with van der Waals surface area (Å²) in [4.78, 5) is 10.5. The third-order valence-corrected chi connectivity index (χ3v) is 2.18. The Morgan fingerprint density at radius 2 is 2.00 bits per heavy atom. The van der Waals surface area contributed by atoms with Gasteiger partial charge in [0.25, 0.3) is 0 Å². The van der Waals surface area contributed by atoms with Crippen LogP contribution < -0.4 is 4.74 Å². The second-order valence-electron chi connectivity index (χ2n) is 2.57. The van der Waals surface area contributed by atoms with Crippen LogP contribution in [0.2, 0.25) is 0 Å². The van der Waals surface area contributed by atoms with E-state index in [4.69, 9.17) is 9.84 Å². The SMILES string of the molecule is COc1ccc(C=C(Br)C(=O)O)cc1. The molecule has 0 aromatic heterocycles. The van der Waals surface area contributed by atoms with Crippen LogP contribution in [0.1, 0.15) is 5.56 Å². The maximum atomic E-state index is 10.5. The van der Waals surface area contributed by atoms with Crippen molar-refractivity contribution in [2.45, 2.75) is 0 Å². The molecule has 0 saturated carbocycles. The Bertz CT molecular complexity index is 354. The highest BCUT2D eigenvalue weighted by atomic mass is 79.9. The van der Waals surface area contributed by atoms with Gasteiger partial charge in [0, 0.05) is 0 Å². The fourth-order valence-electron chi connectivity index (χ4n) is 0.908. The van der Waals surface area contributed by atoms with E-state index in [2.05, 4.69) is 15.9 Å². The van der Waals surface area contributed by atoms with E-state index in [9.17, 15) is 4.79 Å². The van der Waals surface area contributed by atoms with Crippen LogP contribution in [-0.4, -0.2) is 18.2 Å². The molecule has 0 aliphatic heterocycles. The standard InChI is InChI=1S/C10H9BrO3/c1-14-8-4-2-7(3-5-8)6-9(11)10(12)13/h2-6H,1H3,(H,12,13). The molecule has 0 aliphatic rings. The number of aliphatic carboxylic acids is 1. The molecule has 4 heteroatoms. The Morgan fingerprint density at radius 3 is 2.43 bits per heavy atom. The molecule has 1 N–H and O–H groups in total. The molecule has 0 unspecified atom stereocenters. The zero-order valence-electron chi connectivity index (χ0n) is 7.53. The first-order valence-corrected chi connectivity index (χ1v) is 4.67. The molecular weight excluding hydrogens is 248 g/mol. The first-order chi connectivity index (χ1) is 6.63. The van der Waals surface area contributed by atoms with Crippen molar-refractivity contribution in [1.29, 1.82) is 0 Å². The first-order valence-electron chi connectivity index (χ1n) is 3.88. The van der Waals surface area contributed by atoms with Crippen molar-refractivity contribution in [2.75, 3.05) is 7.11 Å². The number of carboxylic acids is 1. The summed E-state index contributed by atoms with van der Waals surface area (Å²) in [6.07, 6.45) is 1.53. The molecule has 0 amide bonds. The van der Waals surface area contributed by atoms with E-state index in [1.807, 2.05) is 0 Å². The topological polar surface area (TPSA) is 46.5 Å². The Labute approximate surface area is 90.1 Å². The second kappa shape index (κ2) is 4.81. The van der Waals surface area contributed by atoms with Crippen LogP contribution in [0.5, 0.6) is 5.75 Å². The second-order valence-corrected chi connectivity index (χ2v) is 3.42. The molecule has 0 radical (unpaired) electrons. The average molecular weight is 257 g/mol. The minimum Gasteiger partial charge on any atom is -0.497 e. The predicted octanol–water partition coefficient (Wildman–Crippen LogP) is 2.52. The highest BCUT2D eigenvalue weighted by molar-refractivity contribution is 9.12. The maximum Gasteiger partial charge on any atom is 0.342 e. The lowest BCUT2D eigenvalue weighted by atomic mass is 10.2. The van der Waals surface area contributed by atoms with Gasteiger partial charge in [0.15, 0.2) is 0 Å². The number of carboxylic acid groups (broad SMARTS) is 1. The zero-order valence-corrected chi connectivity index (χ0v) is 9.11. The van der Waals surface area contributed by atoms with Crippen molar-refractivity contribution in [3.8, 4) is 5.75 Å². The van der Waals surface area contributed by atoms with E-state index < -0.39 is 5.97 Å². The van der Waals surface area contributed by atoms with E-state index in [0.717, 1.165) is 11.3 Å². The molecule has 0 spiro atoms. The van der Waals surface area contributed by atoms with Crippen LogP contribution >= 0.6 is 15.9 Å². The van der Waals surface area contributed by atoms with Crippen LogP contribution in [0.4, 0.5) is 0 Å². The number of benzene rings is 1. The van der Waals surface area contributed by atoms with E-state index in [1.165, 1.54) is 6.08 Å². The van der Waals surface area contributed by atoms with Crippen LogP contribution in [0.3, 0.4) is 0 Å². The normalized spacial score (nSPS) is 11.1. The van der Waals surface area contributed by atoms with E-state index in [-0.39, 0.29) is 4.48 Å². The summed E-state index contributed by atoms with van der Waals surface area (Å²) in [6.45, 7) is 0. The fraction of sp³-hybridized carbons (Fsp3) is 0.100. The van der Waals surface area contributed by atoms with Crippen molar-refractivity contribution >= 4 is 28.0 Å². The molecule has 0 heterocycles. The van der Waals surface area contributed by atoms with E-state index in [0.29, 0.717) is 0 Å². The third kappa shape index (κ3) is 2.88. The van der Waals surface area contributed by atoms with Crippen molar-refractivity contribution in [2.24, 2.45) is 0 Å². The lowest BCUT2D eigenvalue weighted by molar-refractivity contribution is -0.131. The molecule has 3 nitrogen and oxygen atoms in total. The van der Waals surface area contributed by atoms with Gasteiger partial charge in [-0.2, -0.15) is 0 Å². The van der Waals surface area contributed by atoms with Crippen LogP contribution in [0, 0.1) is 0 Å². The number of methoxy groups -OCH3 is 1. The van der Waals surface area contributed by atoms with E-state index in [1.54, 1.807) is 31.4 Å². The number of rotatable bonds is 3. The molecule has 1 rings (SSSR count). The summed E-state index contributed by atoms with van der Waals surface area (Å²) >= 11 is 2.94. The van der Waals surface area contributed by atoms with Gasteiger partial charge in [-0.05, 0) is 39.7 Å². The van der Waals surface area contributed by atoms with Crippen LogP contribution in [-0.2, 0) is 4.79 Å². The minimum atomic E-state index is -0.985. The number of hydrogen-bond donors (Lipinski definition) is 1. The van der Waals surface area contributed by atoms with Crippen molar-refractivity contribution < 1.29 is 14.6 Å². The number of hydrogen-bond acceptors (Lipinski definition) is 2. The quantitative estimate of drug-likeness (QED) is 0.846. The molecule has 0 atom stereocenters. The number of ether oxygens (including phenoxy) is 1. The summed E-state index contributed by atoms with van der Waals surface area (Å²) in [6, 6.07) is 7.11. The zero-order chi connectivity index (χ0) is 10.6. The van der Waals surface area contributed by atoms with Gasteiger partial charge in [-0.15, -0.1) is 0 Å². The molecule has 0 bridgehead atoms. The Balaban J connectivity index is 2.88. The van der Waals surface area contributed by atoms with Crippen LogP contribution in [0.25, 0.3) is 6.08 Å². The lowest BCUT2D eigenvalue weighted by Crippen LogP contribution is -1.92. The monoisotopic (exact) mass is 256 g/mol. The summed E-state index contributed by atoms with van der Waals surface area (Å²) in [5, 5.41) is 8.60. The molecule has 0 aliphatic carbocycles.